The fourth-order valence-corrected chi connectivity index (χ4v) is 4.97. The standard InChI is InChI=1S/C16H22N2O2/c1-10-7-11-8-13-12(3-4-14(19)18-13)15(9-10)16(11,20)5-2-6-17-15/h7,11,17,20H,2-6,8-9H2,1H3,(H,18,19)/t11-,15-,16+/m1/s1. The van der Waals surface area contributed by atoms with Gasteiger partial charge in [0, 0.05) is 18.0 Å². The normalized spacial score (nSPS) is 43.4. The molecule has 4 heteroatoms. The minimum atomic E-state index is -0.675. The summed E-state index contributed by atoms with van der Waals surface area (Å²) in [7, 11) is 0. The monoisotopic (exact) mass is 274 g/mol. The average Bonchev–Trinajstić information content (AvgIpc) is 2.39. The smallest absolute Gasteiger partial charge is 0.224 e. The van der Waals surface area contributed by atoms with Crippen molar-refractivity contribution in [3.8, 4) is 0 Å². The van der Waals surface area contributed by atoms with Crippen molar-refractivity contribution in [1.29, 1.82) is 0 Å². The molecule has 0 unspecified atom stereocenters. The van der Waals surface area contributed by atoms with Crippen LogP contribution in [-0.2, 0) is 4.79 Å². The van der Waals surface area contributed by atoms with Gasteiger partial charge in [0.05, 0.1) is 11.1 Å². The molecule has 1 saturated heterocycles. The average molecular weight is 274 g/mol. The van der Waals surface area contributed by atoms with Gasteiger partial charge >= 0.3 is 0 Å². The van der Waals surface area contributed by atoms with Gasteiger partial charge in [0.15, 0.2) is 0 Å². The van der Waals surface area contributed by atoms with E-state index >= 15 is 0 Å². The molecule has 2 aliphatic heterocycles. The van der Waals surface area contributed by atoms with Crippen molar-refractivity contribution in [1.82, 2.24) is 10.6 Å². The number of carbonyl (C=O) groups is 1. The maximum atomic E-state index is 11.7. The zero-order valence-corrected chi connectivity index (χ0v) is 12.0. The Hall–Kier alpha value is -1.13. The molecular formula is C16H22N2O2. The quantitative estimate of drug-likeness (QED) is 0.585. The lowest BCUT2D eigenvalue weighted by Gasteiger charge is -2.61. The fourth-order valence-electron chi connectivity index (χ4n) is 4.97. The van der Waals surface area contributed by atoms with Crippen molar-refractivity contribution in [2.75, 3.05) is 6.54 Å². The Kier molecular flexibility index (Phi) is 2.49. The molecule has 3 N–H and O–H groups in total. The molecule has 4 nitrogen and oxygen atoms in total. The molecular weight excluding hydrogens is 252 g/mol. The maximum absolute atomic E-state index is 11.7. The van der Waals surface area contributed by atoms with Crippen molar-refractivity contribution < 1.29 is 9.90 Å². The Bertz CT molecular complexity index is 551. The molecule has 0 aromatic carbocycles. The van der Waals surface area contributed by atoms with E-state index in [1.807, 2.05) is 0 Å². The van der Waals surface area contributed by atoms with E-state index in [9.17, 15) is 9.90 Å². The number of hydrogen-bond donors (Lipinski definition) is 3. The topological polar surface area (TPSA) is 61.4 Å². The molecule has 1 fully saturated rings. The van der Waals surface area contributed by atoms with Crippen molar-refractivity contribution in [3.05, 3.63) is 22.9 Å². The minimum Gasteiger partial charge on any atom is -0.387 e. The zero-order valence-electron chi connectivity index (χ0n) is 12.0. The molecule has 108 valence electrons. The first-order chi connectivity index (χ1) is 9.55. The van der Waals surface area contributed by atoms with Gasteiger partial charge in [-0.05, 0) is 51.1 Å². The first-order valence-electron chi connectivity index (χ1n) is 7.72. The number of amides is 1. The summed E-state index contributed by atoms with van der Waals surface area (Å²) in [5.74, 6) is 0.251. The summed E-state index contributed by atoms with van der Waals surface area (Å²) >= 11 is 0. The third-order valence-electron chi connectivity index (χ3n) is 5.74. The Balaban J connectivity index is 1.90. The summed E-state index contributed by atoms with van der Waals surface area (Å²) in [6.45, 7) is 3.12. The van der Waals surface area contributed by atoms with Crippen LogP contribution >= 0.6 is 0 Å². The van der Waals surface area contributed by atoms with E-state index in [1.54, 1.807) is 0 Å². The van der Waals surface area contributed by atoms with Gasteiger partial charge in [0.1, 0.15) is 0 Å². The number of carbonyl (C=O) groups excluding carboxylic acids is 1. The highest BCUT2D eigenvalue weighted by molar-refractivity contribution is 5.80. The van der Waals surface area contributed by atoms with Crippen LogP contribution in [-0.4, -0.2) is 28.7 Å². The second-order valence-electron chi connectivity index (χ2n) is 6.87. The van der Waals surface area contributed by atoms with Gasteiger partial charge in [-0.15, -0.1) is 0 Å². The predicted molar refractivity (Wildman–Crippen MR) is 75.8 cm³/mol. The second kappa shape index (κ2) is 3.95. The lowest BCUT2D eigenvalue weighted by molar-refractivity contribution is -0.125. The molecule has 0 saturated carbocycles. The first kappa shape index (κ1) is 12.6. The van der Waals surface area contributed by atoms with Crippen LogP contribution in [0.4, 0.5) is 0 Å². The maximum Gasteiger partial charge on any atom is 0.224 e. The summed E-state index contributed by atoms with van der Waals surface area (Å²) in [5, 5.41) is 18.1. The van der Waals surface area contributed by atoms with Crippen LogP contribution < -0.4 is 10.6 Å². The number of nitrogens with one attached hydrogen (secondary N) is 2. The second-order valence-corrected chi connectivity index (χ2v) is 6.87. The zero-order chi connectivity index (χ0) is 14.0. The van der Waals surface area contributed by atoms with Crippen molar-refractivity contribution in [2.45, 2.75) is 56.6 Å². The SMILES string of the molecule is CC1=C[C@@H]2CC3=C(CCC(=O)N3)[C@@]3(C1)NCCC[C@]23O. The minimum absolute atomic E-state index is 0.125. The highest BCUT2D eigenvalue weighted by Crippen LogP contribution is 2.55. The highest BCUT2D eigenvalue weighted by Gasteiger charge is 2.62. The number of aliphatic hydroxyl groups is 1. The molecule has 2 heterocycles. The van der Waals surface area contributed by atoms with E-state index in [-0.39, 0.29) is 17.4 Å². The Morgan fingerprint density at radius 1 is 1.40 bits per heavy atom. The lowest BCUT2D eigenvalue weighted by Crippen LogP contribution is -2.73. The molecule has 0 radical (unpaired) electrons. The number of rotatable bonds is 0. The highest BCUT2D eigenvalue weighted by atomic mass is 16.3. The Morgan fingerprint density at radius 3 is 3.10 bits per heavy atom. The van der Waals surface area contributed by atoms with Crippen LogP contribution in [0.2, 0.25) is 0 Å². The van der Waals surface area contributed by atoms with E-state index in [4.69, 9.17) is 0 Å². The van der Waals surface area contributed by atoms with Crippen LogP contribution in [0, 0.1) is 5.92 Å². The molecule has 2 aliphatic carbocycles. The van der Waals surface area contributed by atoms with E-state index in [0.717, 1.165) is 44.3 Å². The lowest BCUT2D eigenvalue weighted by atomic mass is 9.53. The summed E-state index contributed by atoms with van der Waals surface area (Å²) in [5.41, 5.74) is 2.69. The number of piperidine rings is 1. The molecule has 0 aromatic rings. The van der Waals surface area contributed by atoms with Gasteiger partial charge < -0.3 is 15.7 Å². The molecule has 0 aromatic heterocycles. The van der Waals surface area contributed by atoms with Gasteiger partial charge in [-0.2, -0.15) is 0 Å². The van der Waals surface area contributed by atoms with Crippen molar-refractivity contribution >= 4 is 5.91 Å². The van der Waals surface area contributed by atoms with Gasteiger partial charge in [-0.25, -0.2) is 0 Å². The molecule has 0 spiro atoms. The van der Waals surface area contributed by atoms with Gasteiger partial charge in [-0.1, -0.05) is 11.6 Å². The third-order valence-corrected chi connectivity index (χ3v) is 5.74. The Labute approximate surface area is 119 Å². The van der Waals surface area contributed by atoms with E-state index in [2.05, 4.69) is 23.6 Å². The van der Waals surface area contributed by atoms with Crippen molar-refractivity contribution in [2.24, 2.45) is 5.92 Å². The fraction of sp³-hybridized carbons (Fsp3) is 0.688. The predicted octanol–water partition coefficient (Wildman–Crippen LogP) is 1.37. The van der Waals surface area contributed by atoms with Gasteiger partial charge in [0.2, 0.25) is 5.91 Å². The van der Waals surface area contributed by atoms with Crippen molar-refractivity contribution in [3.63, 3.8) is 0 Å². The molecule has 4 rings (SSSR count). The number of hydrogen-bond acceptors (Lipinski definition) is 3. The summed E-state index contributed by atoms with van der Waals surface area (Å²) in [4.78, 5) is 11.7. The Morgan fingerprint density at radius 2 is 2.25 bits per heavy atom. The van der Waals surface area contributed by atoms with Crippen LogP contribution in [0.1, 0.15) is 45.4 Å². The molecule has 3 atom stereocenters. The summed E-state index contributed by atoms with van der Waals surface area (Å²) in [6.07, 6.45) is 7.10. The van der Waals surface area contributed by atoms with Gasteiger partial charge in [-0.3, -0.25) is 4.79 Å². The molecule has 1 amide bonds. The van der Waals surface area contributed by atoms with Gasteiger partial charge in [0.25, 0.3) is 0 Å². The third kappa shape index (κ3) is 1.41. The van der Waals surface area contributed by atoms with E-state index in [1.165, 1.54) is 11.1 Å². The van der Waals surface area contributed by atoms with E-state index in [0.29, 0.717) is 6.42 Å². The van der Waals surface area contributed by atoms with Crippen LogP contribution in [0.15, 0.2) is 22.9 Å². The summed E-state index contributed by atoms with van der Waals surface area (Å²) < 4.78 is 0. The molecule has 20 heavy (non-hydrogen) atoms. The number of allylic oxidation sites excluding steroid dienone is 1. The molecule has 2 bridgehead atoms. The van der Waals surface area contributed by atoms with E-state index < -0.39 is 5.60 Å². The first-order valence-corrected chi connectivity index (χ1v) is 7.72. The summed E-state index contributed by atoms with van der Waals surface area (Å²) in [6, 6.07) is 0. The largest absolute Gasteiger partial charge is 0.387 e. The van der Waals surface area contributed by atoms with Crippen LogP contribution in [0.25, 0.3) is 0 Å². The molecule has 4 aliphatic rings. The van der Waals surface area contributed by atoms with Crippen LogP contribution in [0.3, 0.4) is 0 Å². The van der Waals surface area contributed by atoms with Crippen LogP contribution in [0.5, 0.6) is 0 Å².